The normalized spacial score (nSPS) is 23.5. The lowest BCUT2D eigenvalue weighted by Gasteiger charge is -2.35. The standard InChI is InChI=1S/C19H25FN2O2/c1-13(2)11-18(23)21-7-9-22(10-8-21)19(24)17-12-16(17)14-3-5-15(20)6-4-14/h3-6,13,16-17H,7-12H2,1-2H3. The molecule has 4 nitrogen and oxygen atoms in total. The van der Waals surface area contributed by atoms with Crippen LogP contribution in [0.4, 0.5) is 4.39 Å². The number of hydrogen-bond acceptors (Lipinski definition) is 2. The second-order valence-corrected chi connectivity index (χ2v) is 7.30. The maximum absolute atomic E-state index is 13.0. The molecule has 2 unspecified atom stereocenters. The van der Waals surface area contributed by atoms with E-state index in [1.807, 2.05) is 23.6 Å². The quantitative estimate of drug-likeness (QED) is 0.850. The van der Waals surface area contributed by atoms with E-state index in [2.05, 4.69) is 0 Å². The van der Waals surface area contributed by atoms with Crippen molar-refractivity contribution in [2.24, 2.45) is 11.8 Å². The molecular weight excluding hydrogens is 307 g/mol. The Bertz CT molecular complexity index is 606. The van der Waals surface area contributed by atoms with Crippen LogP contribution < -0.4 is 0 Å². The van der Waals surface area contributed by atoms with Gasteiger partial charge in [-0.2, -0.15) is 0 Å². The van der Waals surface area contributed by atoms with Gasteiger partial charge in [-0.15, -0.1) is 0 Å². The van der Waals surface area contributed by atoms with Crippen LogP contribution >= 0.6 is 0 Å². The van der Waals surface area contributed by atoms with E-state index in [-0.39, 0.29) is 29.5 Å². The molecule has 0 bridgehead atoms. The summed E-state index contributed by atoms with van der Waals surface area (Å²) in [6.45, 7) is 6.59. The third-order valence-corrected chi connectivity index (χ3v) is 4.93. The molecule has 24 heavy (non-hydrogen) atoms. The topological polar surface area (TPSA) is 40.6 Å². The van der Waals surface area contributed by atoms with Crippen LogP contribution in [0, 0.1) is 17.7 Å². The lowest BCUT2D eigenvalue weighted by Crippen LogP contribution is -2.51. The molecule has 1 aromatic rings. The largest absolute Gasteiger partial charge is 0.339 e. The highest BCUT2D eigenvalue weighted by Gasteiger charge is 2.46. The molecule has 2 fully saturated rings. The van der Waals surface area contributed by atoms with Gasteiger partial charge in [0.2, 0.25) is 11.8 Å². The van der Waals surface area contributed by atoms with Crippen LogP contribution in [-0.2, 0) is 9.59 Å². The fraction of sp³-hybridized carbons (Fsp3) is 0.579. The number of benzene rings is 1. The number of rotatable bonds is 4. The molecule has 1 aromatic carbocycles. The SMILES string of the molecule is CC(C)CC(=O)N1CCN(C(=O)C2CC2c2ccc(F)cc2)CC1. The summed E-state index contributed by atoms with van der Waals surface area (Å²) in [5.41, 5.74) is 1.04. The molecule has 1 aliphatic carbocycles. The third-order valence-electron chi connectivity index (χ3n) is 4.93. The first-order valence-corrected chi connectivity index (χ1v) is 8.77. The first-order chi connectivity index (χ1) is 11.5. The van der Waals surface area contributed by atoms with Gasteiger partial charge in [0.05, 0.1) is 0 Å². The number of halogens is 1. The zero-order chi connectivity index (χ0) is 17.3. The summed E-state index contributed by atoms with van der Waals surface area (Å²) in [6.07, 6.45) is 1.42. The summed E-state index contributed by atoms with van der Waals surface area (Å²) in [6, 6.07) is 6.45. The van der Waals surface area contributed by atoms with Crippen molar-refractivity contribution in [1.29, 1.82) is 0 Å². The Morgan fingerprint density at radius 1 is 1.08 bits per heavy atom. The van der Waals surface area contributed by atoms with Crippen molar-refractivity contribution in [2.45, 2.75) is 32.6 Å². The van der Waals surface area contributed by atoms with Gasteiger partial charge in [0.25, 0.3) is 0 Å². The van der Waals surface area contributed by atoms with Crippen LogP contribution in [0.5, 0.6) is 0 Å². The highest BCUT2D eigenvalue weighted by atomic mass is 19.1. The molecule has 1 heterocycles. The highest BCUT2D eigenvalue weighted by Crippen LogP contribution is 2.48. The van der Waals surface area contributed by atoms with Gasteiger partial charge in [-0.05, 0) is 36.0 Å². The summed E-state index contributed by atoms with van der Waals surface area (Å²) in [4.78, 5) is 28.5. The van der Waals surface area contributed by atoms with Crippen LogP contribution in [0.15, 0.2) is 24.3 Å². The summed E-state index contributed by atoms with van der Waals surface area (Å²) >= 11 is 0. The van der Waals surface area contributed by atoms with Crippen LogP contribution in [-0.4, -0.2) is 47.8 Å². The first kappa shape index (κ1) is 16.9. The molecule has 0 spiro atoms. The van der Waals surface area contributed by atoms with E-state index in [0.29, 0.717) is 38.5 Å². The molecule has 130 valence electrons. The van der Waals surface area contributed by atoms with E-state index in [9.17, 15) is 14.0 Å². The van der Waals surface area contributed by atoms with Gasteiger partial charge in [-0.25, -0.2) is 4.39 Å². The molecule has 2 amide bonds. The number of carbonyl (C=O) groups is 2. The summed E-state index contributed by atoms with van der Waals surface area (Å²) < 4.78 is 13.0. The Labute approximate surface area is 142 Å². The zero-order valence-corrected chi connectivity index (χ0v) is 14.4. The maximum Gasteiger partial charge on any atom is 0.226 e. The van der Waals surface area contributed by atoms with Gasteiger partial charge < -0.3 is 9.80 Å². The molecular formula is C19H25FN2O2. The molecule has 3 rings (SSSR count). The van der Waals surface area contributed by atoms with Crippen LogP contribution in [0.2, 0.25) is 0 Å². The van der Waals surface area contributed by atoms with E-state index in [1.54, 1.807) is 12.1 Å². The van der Waals surface area contributed by atoms with Crippen molar-refractivity contribution in [3.8, 4) is 0 Å². The number of carbonyl (C=O) groups excluding carboxylic acids is 2. The predicted molar refractivity (Wildman–Crippen MR) is 89.9 cm³/mol. The van der Waals surface area contributed by atoms with Gasteiger partial charge in [0, 0.05) is 38.5 Å². The van der Waals surface area contributed by atoms with E-state index in [1.165, 1.54) is 12.1 Å². The highest BCUT2D eigenvalue weighted by molar-refractivity contribution is 5.83. The van der Waals surface area contributed by atoms with Gasteiger partial charge >= 0.3 is 0 Å². The van der Waals surface area contributed by atoms with Crippen LogP contribution in [0.25, 0.3) is 0 Å². The lowest BCUT2D eigenvalue weighted by atomic mass is 10.1. The Hall–Kier alpha value is -1.91. The van der Waals surface area contributed by atoms with Crippen molar-refractivity contribution in [2.75, 3.05) is 26.2 Å². The number of amides is 2. The van der Waals surface area contributed by atoms with Gasteiger partial charge in [0.1, 0.15) is 5.82 Å². The molecule has 0 radical (unpaired) electrons. The number of piperazine rings is 1. The molecule has 1 saturated heterocycles. The minimum Gasteiger partial charge on any atom is -0.339 e. The van der Waals surface area contributed by atoms with Crippen molar-refractivity contribution >= 4 is 11.8 Å². The van der Waals surface area contributed by atoms with E-state index in [0.717, 1.165) is 12.0 Å². The van der Waals surface area contributed by atoms with E-state index < -0.39 is 0 Å². The Balaban J connectivity index is 1.50. The van der Waals surface area contributed by atoms with E-state index in [4.69, 9.17) is 0 Å². The first-order valence-electron chi connectivity index (χ1n) is 8.77. The summed E-state index contributed by atoms with van der Waals surface area (Å²) in [7, 11) is 0. The average molecular weight is 332 g/mol. The molecule has 1 aliphatic heterocycles. The lowest BCUT2D eigenvalue weighted by molar-refractivity contribution is -0.140. The van der Waals surface area contributed by atoms with Crippen molar-refractivity contribution in [3.05, 3.63) is 35.6 Å². The Kier molecular flexibility index (Phi) is 4.88. The third kappa shape index (κ3) is 3.77. The zero-order valence-electron chi connectivity index (χ0n) is 14.4. The molecule has 0 aromatic heterocycles. The monoisotopic (exact) mass is 332 g/mol. The van der Waals surface area contributed by atoms with Gasteiger partial charge in [0.15, 0.2) is 0 Å². The predicted octanol–water partition coefficient (Wildman–Crippen LogP) is 2.65. The molecule has 0 N–H and O–H groups in total. The minimum absolute atomic E-state index is 0.0216. The summed E-state index contributed by atoms with van der Waals surface area (Å²) in [5.74, 6) is 0.727. The Morgan fingerprint density at radius 2 is 1.67 bits per heavy atom. The smallest absolute Gasteiger partial charge is 0.226 e. The Morgan fingerprint density at radius 3 is 2.25 bits per heavy atom. The average Bonchev–Trinajstić information content (AvgIpc) is 3.35. The maximum atomic E-state index is 13.0. The van der Waals surface area contributed by atoms with Gasteiger partial charge in [-0.3, -0.25) is 9.59 Å². The minimum atomic E-state index is -0.246. The van der Waals surface area contributed by atoms with Crippen LogP contribution in [0.1, 0.15) is 38.2 Å². The van der Waals surface area contributed by atoms with Crippen molar-refractivity contribution in [3.63, 3.8) is 0 Å². The second-order valence-electron chi connectivity index (χ2n) is 7.30. The van der Waals surface area contributed by atoms with Crippen molar-refractivity contribution < 1.29 is 14.0 Å². The second kappa shape index (κ2) is 6.91. The van der Waals surface area contributed by atoms with Crippen molar-refractivity contribution in [1.82, 2.24) is 9.80 Å². The number of nitrogens with zero attached hydrogens (tertiary/aromatic N) is 2. The molecule has 5 heteroatoms. The molecule has 2 atom stereocenters. The summed E-state index contributed by atoms with van der Waals surface area (Å²) in [5, 5.41) is 0. The number of hydrogen-bond donors (Lipinski definition) is 0. The fourth-order valence-electron chi connectivity index (χ4n) is 3.44. The van der Waals surface area contributed by atoms with E-state index >= 15 is 0 Å². The fourth-order valence-corrected chi connectivity index (χ4v) is 3.44. The van der Waals surface area contributed by atoms with Crippen LogP contribution in [0.3, 0.4) is 0 Å². The molecule has 1 saturated carbocycles. The van der Waals surface area contributed by atoms with Gasteiger partial charge in [-0.1, -0.05) is 26.0 Å². The molecule has 2 aliphatic rings.